The van der Waals surface area contributed by atoms with Gasteiger partial charge in [0.15, 0.2) is 0 Å². The summed E-state index contributed by atoms with van der Waals surface area (Å²) in [6.45, 7) is 2.35. The number of anilines is 1. The first kappa shape index (κ1) is 13.5. The van der Waals surface area contributed by atoms with E-state index in [9.17, 15) is 0 Å². The Morgan fingerprint density at radius 3 is 2.81 bits per heavy atom. The van der Waals surface area contributed by atoms with Gasteiger partial charge in [0, 0.05) is 10.8 Å². The second-order valence-corrected chi connectivity index (χ2v) is 7.91. The van der Waals surface area contributed by atoms with Crippen molar-refractivity contribution >= 4 is 27.4 Å². The Bertz CT molecular complexity index is 676. The molecule has 2 aromatic rings. The molecule has 2 aliphatic carbocycles. The highest BCUT2D eigenvalue weighted by Gasteiger charge is 2.25. The van der Waals surface area contributed by atoms with Crippen molar-refractivity contribution in [1.82, 2.24) is 9.97 Å². The molecule has 3 nitrogen and oxygen atoms in total. The average molecular weight is 301 g/mol. The van der Waals surface area contributed by atoms with Crippen LogP contribution in [0.2, 0.25) is 0 Å². The average Bonchev–Trinajstić information content (AvgIpc) is 2.86. The van der Waals surface area contributed by atoms with E-state index in [1.54, 1.807) is 0 Å². The molecule has 4 rings (SSSR count). The highest BCUT2D eigenvalue weighted by Crippen LogP contribution is 2.40. The second-order valence-electron chi connectivity index (χ2n) is 6.83. The van der Waals surface area contributed by atoms with E-state index in [1.165, 1.54) is 60.8 Å². The Kier molecular flexibility index (Phi) is 3.37. The van der Waals surface area contributed by atoms with Crippen LogP contribution < -0.4 is 5.73 Å². The van der Waals surface area contributed by atoms with Gasteiger partial charge in [0.1, 0.15) is 16.5 Å². The van der Waals surface area contributed by atoms with Crippen LogP contribution in [0, 0.1) is 5.92 Å². The predicted molar refractivity (Wildman–Crippen MR) is 88.8 cm³/mol. The summed E-state index contributed by atoms with van der Waals surface area (Å²) in [5.41, 5.74) is 7.77. The van der Waals surface area contributed by atoms with Crippen molar-refractivity contribution in [2.24, 2.45) is 5.92 Å². The quantitative estimate of drug-likeness (QED) is 0.847. The lowest BCUT2D eigenvalue weighted by atomic mass is 9.82. The van der Waals surface area contributed by atoms with Crippen LogP contribution in [-0.4, -0.2) is 9.97 Å². The van der Waals surface area contributed by atoms with Crippen LogP contribution in [0.3, 0.4) is 0 Å². The second kappa shape index (κ2) is 5.24. The molecule has 0 aliphatic heterocycles. The minimum absolute atomic E-state index is 0.513. The number of nitrogens with two attached hydrogens (primary N) is 1. The molecule has 1 saturated carbocycles. The van der Waals surface area contributed by atoms with Gasteiger partial charge in [-0.15, -0.1) is 11.3 Å². The summed E-state index contributed by atoms with van der Waals surface area (Å²) < 4.78 is 0. The lowest BCUT2D eigenvalue weighted by Crippen LogP contribution is -2.15. The molecule has 0 aromatic carbocycles. The van der Waals surface area contributed by atoms with Gasteiger partial charge in [-0.05, 0) is 50.0 Å². The van der Waals surface area contributed by atoms with Crippen LogP contribution in [0.1, 0.15) is 67.6 Å². The van der Waals surface area contributed by atoms with Crippen molar-refractivity contribution in [2.75, 3.05) is 5.73 Å². The first-order valence-electron chi connectivity index (χ1n) is 8.30. The third-order valence-corrected chi connectivity index (χ3v) is 6.35. The number of rotatable bonds is 1. The Morgan fingerprint density at radius 2 is 1.95 bits per heavy atom. The summed E-state index contributed by atoms with van der Waals surface area (Å²) in [6.07, 6.45) is 10.0. The van der Waals surface area contributed by atoms with Crippen molar-refractivity contribution in [2.45, 2.75) is 64.2 Å². The number of fused-ring (bicyclic) bond motifs is 3. The highest BCUT2D eigenvalue weighted by atomic mass is 32.1. The molecule has 2 N–H and O–H groups in total. The number of hydrogen-bond donors (Lipinski definition) is 1. The lowest BCUT2D eigenvalue weighted by molar-refractivity contribution is 0.336. The molecule has 2 aromatic heterocycles. The standard InChI is InChI=1S/C17H23N3S/c1-10-5-4-6-11(9-10)16-19-15(18)14-12-7-2-3-8-13(12)21-17(14)20-16/h10-11H,2-9H2,1H3,(H2,18,19,20). The molecule has 2 heterocycles. The normalized spacial score (nSPS) is 26.0. The summed E-state index contributed by atoms with van der Waals surface area (Å²) in [7, 11) is 0. The first-order chi connectivity index (χ1) is 10.2. The largest absolute Gasteiger partial charge is 0.383 e. The molecule has 0 saturated heterocycles. The summed E-state index contributed by atoms with van der Waals surface area (Å²) in [4.78, 5) is 12.3. The maximum Gasteiger partial charge on any atom is 0.136 e. The van der Waals surface area contributed by atoms with E-state index in [4.69, 9.17) is 15.7 Å². The summed E-state index contributed by atoms with van der Waals surface area (Å²) >= 11 is 1.86. The maximum absolute atomic E-state index is 6.32. The number of nitrogen functional groups attached to an aromatic ring is 1. The van der Waals surface area contributed by atoms with Gasteiger partial charge in [-0.25, -0.2) is 9.97 Å². The number of aryl methyl sites for hydroxylation is 2. The first-order valence-corrected chi connectivity index (χ1v) is 9.11. The Balaban J connectivity index is 1.78. The zero-order valence-corrected chi connectivity index (χ0v) is 13.5. The fraction of sp³-hybridized carbons (Fsp3) is 0.647. The van der Waals surface area contributed by atoms with Gasteiger partial charge in [-0.1, -0.05) is 19.8 Å². The number of nitrogens with zero attached hydrogens (tertiary/aromatic N) is 2. The molecule has 0 amide bonds. The van der Waals surface area contributed by atoms with Crippen molar-refractivity contribution in [3.63, 3.8) is 0 Å². The van der Waals surface area contributed by atoms with Crippen molar-refractivity contribution in [3.8, 4) is 0 Å². The molecule has 0 bridgehead atoms. The van der Waals surface area contributed by atoms with E-state index < -0.39 is 0 Å². The Hall–Kier alpha value is -1.16. The third-order valence-electron chi connectivity index (χ3n) is 5.16. The third kappa shape index (κ3) is 2.33. The molecule has 0 spiro atoms. The van der Waals surface area contributed by atoms with Crippen LogP contribution in [0.25, 0.3) is 10.2 Å². The van der Waals surface area contributed by atoms with Crippen LogP contribution >= 0.6 is 11.3 Å². The smallest absolute Gasteiger partial charge is 0.136 e. The SMILES string of the molecule is CC1CCCC(c2nc(N)c3c4c(sc3n2)CCCC4)C1. The van der Waals surface area contributed by atoms with E-state index in [0.717, 1.165) is 28.8 Å². The van der Waals surface area contributed by atoms with Crippen LogP contribution in [0.5, 0.6) is 0 Å². The fourth-order valence-electron chi connectivity index (χ4n) is 4.05. The number of hydrogen-bond acceptors (Lipinski definition) is 4. The van der Waals surface area contributed by atoms with Gasteiger partial charge in [-0.3, -0.25) is 0 Å². The molecule has 2 atom stereocenters. The predicted octanol–water partition coefficient (Wildman–Crippen LogP) is 4.45. The minimum Gasteiger partial charge on any atom is -0.383 e. The zero-order chi connectivity index (χ0) is 14.4. The number of thiophene rings is 1. The molecule has 4 heteroatoms. The van der Waals surface area contributed by atoms with E-state index in [0.29, 0.717) is 5.92 Å². The van der Waals surface area contributed by atoms with Gasteiger partial charge in [0.2, 0.25) is 0 Å². The van der Waals surface area contributed by atoms with Crippen LogP contribution in [-0.2, 0) is 12.8 Å². The summed E-state index contributed by atoms with van der Waals surface area (Å²) in [5, 5.41) is 1.17. The molecule has 21 heavy (non-hydrogen) atoms. The number of aromatic nitrogens is 2. The van der Waals surface area contributed by atoms with E-state index in [-0.39, 0.29) is 0 Å². The lowest BCUT2D eigenvalue weighted by Gasteiger charge is -2.25. The molecular weight excluding hydrogens is 278 g/mol. The van der Waals surface area contributed by atoms with Gasteiger partial charge >= 0.3 is 0 Å². The molecule has 0 radical (unpaired) electrons. The zero-order valence-electron chi connectivity index (χ0n) is 12.7. The molecule has 1 fully saturated rings. The van der Waals surface area contributed by atoms with E-state index in [1.807, 2.05) is 11.3 Å². The van der Waals surface area contributed by atoms with Gasteiger partial charge in [0.25, 0.3) is 0 Å². The van der Waals surface area contributed by atoms with Gasteiger partial charge < -0.3 is 5.73 Å². The van der Waals surface area contributed by atoms with Crippen molar-refractivity contribution in [3.05, 3.63) is 16.3 Å². The highest BCUT2D eigenvalue weighted by molar-refractivity contribution is 7.19. The topological polar surface area (TPSA) is 51.8 Å². The summed E-state index contributed by atoms with van der Waals surface area (Å²) in [5.74, 6) is 3.04. The Labute approximate surface area is 130 Å². The van der Waals surface area contributed by atoms with Gasteiger partial charge in [-0.2, -0.15) is 0 Å². The maximum atomic E-state index is 6.32. The molecular formula is C17H23N3S. The molecule has 2 aliphatic rings. The van der Waals surface area contributed by atoms with Crippen molar-refractivity contribution < 1.29 is 0 Å². The van der Waals surface area contributed by atoms with Gasteiger partial charge in [0.05, 0.1) is 5.39 Å². The van der Waals surface area contributed by atoms with Crippen LogP contribution in [0.15, 0.2) is 0 Å². The monoisotopic (exact) mass is 301 g/mol. The van der Waals surface area contributed by atoms with E-state index >= 15 is 0 Å². The summed E-state index contributed by atoms with van der Waals surface area (Å²) in [6, 6.07) is 0. The van der Waals surface area contributed by atoms with Crippen LogP contribution in [0.4, 0.5) is 5.82 Å². The van der Waals surface area contributed by atoms with Crippen molar-refractivity contribution in [1.29, 1.82) is 0 Å². The molecule has 2 unspecified atom stereocenters. The minimum atomic E-state index is 0.513. The fourth-order valence-corrected chi connectivity index (χ4v) is 5.33. The molecule has 112 valence electrons. The van der Waals surface area contributed by atoms with E-state index in [2.05, 4.69) is 6.92 Å². The Morgan fingerprint density at radius 1 is 1.10 bits per heavy atom.